The quantitative estimate of drug-likeness (QED) is 0.475. The maximum Gasteiger partial charge on any atom is 0.543 e. The molecule has 0 spiro atoms. The molecule has 1 aromatic rings. The molecule has 1 rings (SSSR count). The zero-order valence-electron chi connectivity index (χ0n) is 11.3. The van der Waals surface area contributed by atoms with Crippen molar-refractivity contribution in [2.75, 3.05) is 0 Å². The second-order valence-electron chi connectivity index (χ2n) is 4.19. The fourth-order valence-corrected chi connectivity index (χ4v) is 1.30. The van der Waals surface area contributed by atoms with Crippen LogP contribution in [0.4, 0.5) is 4.79 Å². The van der Waals surface area contributed by atoms with Crippen LogP contribution < -0.4 is 0 Å². The number of carbonyl (C=O) groups is 2. The van der Waals surface area contributed by atoms with E-state index in [2.05, 4.69) is 19.6 Å². The number of carbonyl (C=O) groups excluding carboxylic acids is 2. The maximum atomic E-state index is 11.6. The minimum Gasteiger partial charge on any atom is -0.430 e. The maximum absolute atomic E-state index is 11.6. The van der Waals surface area contributed by atoms with Gasteiger partial charge in [-0.05, 0) is 44.9 Å². The van der Waals surface area contributed by atoms with Crippen molar-refractivity contribution in [3.05, 3.63) is 34.9 Å². The third kappa shape index (κ3) is 4.59. The molecular weight excluding hydrogens is 252 g/mol. The van der Waals surface area contributed by atoms with E-state index >= 15 is 0 Å². The first-order valence-corrected chi connectivity index (χ1v) is 5.74. The lowest BCUT2D eigenvalue weighted by Crippen LogP contribution is -2.15. The van der Waals surface area contributed by atoms with Crippen LogP contribution in [0.2, 0.25) is 0 Å². The van der Waals surface area contributed by atoms with Crippen LogP contribution in [0.15, 0.2) is 18.2 Å². The normalized spacial score (nSPS) is 10.2. The third-order valence-electron chi connectivity index (χ3n) is 2.37. The topological polar surface area (TPSA) is 71.1 Å². The van der Waals surface area contributed by atoms with E-state index in [0.29, 0.717) is 5.56 Å². The zero-order chi connectivity index (χ0) is 14.4. The Labute approximate surface area is 111 Å². The molecule has 0 aliphatic heterocycles. The first-order chi connectivity index (χ1) is 8.91. The summed E-state index contributed by atoms with van der Waals surface area (Å²) in [7, 11) is 0. The standard InChI is InChI=1S/C13H16O6/c1-8(2)16-13(15)18-19-17-12(14)11-7-5-6-9(3)10(11)4/h5-8H,1-4H3. The van der Waals surface area contributed by atoms with Gasteiger partial charge in [0.05, 0.1) is 16.7 Å². The molecule has 0 amide bonds. The van der Waals surface area contributed by atoms with Crippen LogP contribution in [0.25, 0.3) is 0 Å². The number of benzene rings is 1. The highest BCUT2D eigenvalue weighted by Gasteiger charge is 2.15. The van der Waals surface area contributed by atoms with Crippen molar-refractivity contribution >= 4 is 12.1 Å². The Hall–Kier alpha value is -2.08. The van der Waals surface area contributed by atoms with Crippen LogP contribution in [-0.4, -0.2) is 18.2 Å². The molecule has 1 aromatic carbocycles. The summed E-state index contributed by atoms with van der Waals surface area (Å²) < 4.78 is 4.60. The molecule has 0 bridgehead atoms. The van der Waals surface area contributed by atoms with Crippen LogP contribution in [0.1, 0.15) is 35.3 Å². The van der Waals surface area contributed by atoms with E-state index in [4.69, 9.17) is 0 Å². The molecule has 104 valence electrons. The molecule has 19 heavy (non-hydrogen) atoms. The number of hydrogen-bond donors (Lipinski definition) is 0. The molecule has 0 atom stereocenters. The van der Waals surface area contributed by atoms with Gasteiger partial charge < -0.3 is 4.74 Å². The molecule has 6 nitrogen and oxygen atoms in total. The van der Waals surface area contributed by atoms with Gasteiger partial charge in [-0.25, -0.2) is 14.5 Å². The van der Waals surface area contributed by atoms with E-state index in [-0.39, 0.29) is 6.10 Å². The average molecular weight is 268 g/mol. The Morgan fingerprint density at radius 3 is 2.42 bits per heavy atom. The Kier molecular flexibility index (Phi) is 5.32. The first kappa shape index (κ1) is 15.0. The number of rotatable bonds is 4. The van der Waals surface area contributed by atoms with Gasteiger partial charge in [-0.3, -0.25) is 4.89 Å². The van der Waals surface area contributed by atoms with Crippen LogP contribution in [-0.2, 0) is 19.6 Å². The Bertz CT molecular complexity index is 466. The van der Waals surface area contributed by atoms with Gasteiger partial charge in [0, 0.05) is 0 Å². The number of aryl methyl sites for hydroxylation is 1. The molecular formula is C13H16O6. The summed E-state index contributed by atoms with van der Waals surface area (Å²) >= 11 is 0. The lowest BCUT2D eigenvalue weighted by atomic mass is 10.0. The smallest absolute Gasteiger partial charge is 0.430 e. The predicted molar refractivity (Wildman–Crippen MR) is 65.1 cm³/mol. The molecule has 0 aromatic heterocycles. The predicted octanol–water partition coefficient (Wildman–Crippen LogP) is 2.87. The molecule has 0 radical (unpaired) electrons. The Balaban J connectivity index is 2.48. The van der Waals surface area contributed by atoms with Gasteiger partial charge in [0.25, 0.3) is 0 Å². The highest BCUT2D eigenvalue weighted by molar-refractivity contribution is 5.90. The molecule has 0 N–H and O–H groups in total. The fourth-order valence-electron chi connectivity index (χ4n) is 1.30. The van der Waals surface area contributed by atoms with Crippen LogP contribution >= 0.6 is 0 Å². The van der Waals surface area contributed by atoms with Crippen LogP contribution in [0.3, 0.4) is 0 Å². The van der Waals surface area contributed by atoms with Crippen LogP contribution in [0.5, 0.6) is 0 Å². The van der Waals surface area contributed by atoms with Gasteiger partial charge in [-0.2, -0.15) is 0 Å². The molecule has 0 aliphatic rings. The Morgan fingerprint density at radius 2 is 1.79 bits per heavy atom. The third-order valence-corrected chi connectivity index (χ3v) is 2.37. The van der Waals surface area contributed by atoms with Gasteiger partial charge in [-0.1, -0.05) is 12.1 Å². The second-order valence-corrected chi connectivity index (χ2v) is 4.19. The molecule has 0 unspecified atom stereocenters. The average Bonchev–Trinajstić information content (AvgIpc) is 2.31. The van der Waals surface area contributed by atoms with Gasteiger partial charge in [0.2, 0.25) is 0 Å². The summed E-state index contributed by atoms with van der Waals surface area (Å²) in [4.78, 5) is 31.0. The van der Waals surface area contributed by atoms with E-state index < -0.39 is 12.1 Å². The Morgan fingerprint density at radius 1 is 1.11 bits per heavy atom. The van der Waals surface area contributed by atoms with E-state index in [9.17, 15) is 9.59 Å². The van der Waals surface area contributed by atoms with Gasteiger partial charge in [0.15, 0.2) is 0 Å². The van der Waals surface area contributed by atoms with Crippen molar-refractivity contribution in [1.29, 1.82) is 0 Å². The molecule has 0 saturated heterocycles. The van der Waals surface area contributed by atoms with Crippen molar-refractivity contribution in [3.63, 3.8) is 0 Å². The summed E-state index contributed by atoms with van der Waals surface area (Å²) in [5.74, 6) is -0.751. The van der Waals surface area contributed by atoms with E-state index in [0.717, 1.165) is 11.1 Å². The van der Waals surface area contributed by atoms with E-state index in [1.54, 1.807) is 32.9 Å². The summed E-state index contributed by atoms with van der Waals surface area (Å²) in [5.41, 5.74) is 2.04. The van der Waals surface area contributed by atoms with Crippen molar-refractivity contribution in [2.45, 2.75) is 33.8 Å². The van der Waals surface area contributed by atoms with Gasteiger partial charge in [-0.15, -0.1) is 0 Å². The second kappa shape index (κ2) is 6.75. The zero-order valence-corrected chi connectivity index (χ0v) is 11.3. The van der Waals surface area contributed by atoms with Crippen LogP contribution in [0, 0.1) is 13.8 Å². The minimum absolute atomic E-state index is 0.334. The molecule has 6 heteroatoms. The molecule has 0 saturated carbocycles. The van der Waals surface area contributed by atoms with Gasteiger partial charge >= 0.3 is 12.1 Å². The van der Waals surface area contributed by atoms with Crippen molar-refractivity contribution in [1.82, 2.24) is 0 Å². The molecule has 0 aliphatic carbocycles. The number of hydrogen-bond acceptors (Lipinski definition) is 6. The van der Waals surface area contributed by atoms with Gasteiger partial charge in [0.1, 0.15) is 0 Å². The summed E-state index contributed by atoms with van der Waals surface area (Å²) in [5, 5.41) is 4.08. The van der Waals surface area contributed by atoms with E-state index in [1.165, 1.54) is 0 Å². The fraction of sp³-hybridized carbons (Fsp3) is 0.385. The summed E-state index contributed by atoms with van der Waals surface area (Å²) in [6.07, 6.45) is -1.44. The first-order valence-electron chi connectivity index (χ1n) is 5.74. The largest absolute Gasteiger partial charge is 0.543 e. The lowest BCUT2D eigenvalue weighted by Gasteiger charge is -2.07. The molecule has 0 fully saturated rings. The highest BCUT2D eigenvalue weighted by atomic mass is 17.5. The van der Waals surface area contributed by atoms with E-state index in [1.807, 2.05) is 13.0 Å². The number of ether oxygens (including phenoxy) is 1. The molecule has 0 heterocycles. The SMILES string of the molecule is Cc1cccc(C(=O)OOOC(=O)OC(C)C)c1C. The van der Waals surface area contributed by atoms with Crippen molar-refractivity contribution < 1.29 is 29.1 Å². The minimum atomic E-state index is -1.08. The van der Waals surface area contributed by atoms with Crippen molar-refractivity contribution in [3.8, 4) is 0 Å². The lowest BCUT2D eigenvalue weighted by molar-refractivity contribution is -0.452. The highest BCUT2D eigenvalue weighted by Crippen LogP contribution is 2.13. The van der Waals surface area contributed by atoms with Crippen molar-refractivity contribution in [2.24, 2.45) is 0 Å². The summed E-state index contributed by atoms with van der Waals surface area (Å²) in [6, 6.07) is 5.16. The monoisotopic (exact) mass is 268 g/mol. The summed E-state index contributed by atoms with van der Waals surface area (Å²) in [6.45, 7) is 6.93.